The molecular weight excluding hydrogens is 701 g/mol. The number of carbonyl (C=O) groups excluding carboxylic acids is 4. The van der Waals surface area contributed by atoms with Crippen molar-refractivity contribution in [1.29, 1.82) is 0 Å². The van der Waals surface area contributed by atoms with Crippen molar-refractivity contribution in [2.24, 2.45) is 46.3 Å². The number of benzene rings is 2. The highest BCUT2D eigenvalue weighted by molar-refractivity contribution is 5.98. The summed E-state index contributed by atoms with van der Waals surface area (Å²) in [6.45, 7) is 18.0. The first-order chi connectivity index (χ1) is 26.6. The van der Waals surface area contributed by atoms with Crippen molar-refractivity contribution in [3.63, 3.8) is 0 Å². The quantitative estimate of drug-likeness (QED) is 0.140. The van der Waals surface area contributed by atoms with Crippen LogP contribution in [0.3, 0.4) is 0 Å². The number of carbonyl (C=O) groups is 4. The van der Waals surface area contributed by atoms with Gasteiger partial charge < -0.3 is 14.2 Å². The molecule has 0 bridgehead atoms. The van der Waals surface area contributed by atoms with Crippen molar-refractivity contribution in [2.75, 3.05) is 14.2 Å². The molecule has 0 aliphatic heterocycles. The molecule has 4 aliphatic carbocycles. The summed E-state index contributed by atoms with van der Waals surface area (Å²) in [5, 5.41) is 1.71. The second-order valence-corrected chi connectivity index (χ2v) is 18.4. The average Bonchev–Trinajstić information content (AvgIpc) is 3.55. The lowest BCUT2D eigenvalue weighted by atomic mass is 9.69. The standard InChI is InChI=1S/C49H62O7/c1-10-37-27-49(37,31(4)51)28-43(52)40-24-38(25-41(40)47(53)42(48(5,6)7)18-29(2)17-32-13-11-12-14-32)56-44-22-35(34-16-15-33(20-34)19-30(3)50)21-36-23-45(54-8)46(55-9)26-39(36)44/h10,15-16,20-23,26,32-33,37-38,40-42H,1-2,11-14,17-19,24-25,27-28H2,3-9H3. The van der Waals surface area contributed by atoms with Gasteiger partial charge in [0.25, 0.3) is 0 Å². The summed E-state index contributed by atoms with van der Waals surface area (Å²) in [6.07, 6.45) is 16.0. The highest BCUT2D eigenvalue weighted by Gasteiger charge is 2.59. The van der Waals surface area contributed by atoms with Crippen LogP contribution in [-0.2, 0) is 19.2 Å². The molecule has 7 atom stereocenters. The Hall–Kier alpha value is -4.26. The van der Waals surface area contributed by atoms with Crippen LogP contribution < -0.4 is 14.2 Å². The topological polar surface area (TPSA) is 96.0 Å². The predicted octanol–water partition coefficient (Wildman–Crippen LogP) is 10.7. The Morgan fingerprint density at radius 1 is 0.929 bits per heavy atom. The zero-order chi connectivity index (χ0) is 40.5. The van der Waals surface area contributed by atoms with E-state index in [4.69, 9.17) is 14.2 Å². The molecule has 3 saturated carbocycles. The molecule has 0 amide bonds. The van der Waals surface area contributed by atoms with Gasteiger partial charge in [0, 0.05) is 47.3 Å². The Balaban J connectivity index is 1.35. The second kappa shape index (κ2) is 16.7. The molecule has 0 heterocycles. The number of rotatable bonds is 18. The lowest BCUT2D eigenvalue weighted by molar-refractivity contribution is -0.137. The molecule has 2 aromatic rings. The smallest absolute Gasteiger partial charge is 0.161 e. The third-order valence-electron chi connectivity index (χ3n) is 13.3. The summed E-state index contributed by atoms with van der Waals surface area (Å²) in [7, 11) is 3.21. The number of hydrogen-bond acceptors (Lipinski definition) is 7. The molecule has 7 nitrogen and oxygen atoms in total. The Morgan fingerprint density at radius 3 is 2.21 bits per heavy atom. The molecule has 0 spiro atoms. The van der Waals surface area contributed by atoms with Gasteiger partial charge in [-0.2, -0.15) is 0 Å². The number of hydrogen-bond donors (Lipinski definition) is 0. The molecule has 56 heavy (non-hydrogen) atoms. The van der Waals surface area contributed by atoms with Crippen LogP contribution in [0, 0.1) is 46.3 Å². The zero-order valence-corrected chi connectivity index (χ0v) is 34.7. The second-order valence-electron chi connectivity index (χ2n) is 18.4. The number of methoxy groups -OCH3 is 2. The third-order valence-corrected chi connectivity index (χ3v) is 13.3. The van der Waals surface area contributed by atoms with E-state index in [1.165, 1.54) is 25.7 Å². The van der Waals surface area contributed by atoms with Gasteiger partial charge in [-0.25, -0.2) is 0 Å². The minimum absolute atomic E-state index is 0.00803. The number of Topliss-reactive ketones (excluding diaryl/α,β-unsaturated/α-hetero) is 4. The Bertz CT molecular complexity index is 1950. The van der Waals surface area contributed by atoms with E-state index >= 15 is 4.79 Å². The van der Waals surface area contributed by atoms with E-state index in [2.05, 4.69) is 52.1 Å². The van der Waals surface area contributed by atoms with Crippen molar-refractivity contribution >= 4 is 39.5 Å². The Kier molecular flexibility index (Phi) is 12.3. The Morgan fingerprint density at radius 2 is 1.61 bits per heavy atom. The zero-order valence-electron chi connectivity index (χ0n) is 34.7. The third kappa shape index (κ3) is 8.82. The largest absolute Gasteiger partial charge is 0.493 e. The SMILES string of the molecule is C=CC1CC1(CC(=O)C1CC(Oc2cc(C3=CC(CC(C)=O)C=C3)cc3cc(OC)c(OC)cc23)CC1C(=O)C(CC(=C)CC1CCCC1)C(C)(C)C)C(C)=O. The van der Waals surface area contributed by atoms with Gasteiger partial charge in [-0.3, -0.25) is 19.2 Å². The fourth-order valence-electron chi connectivity index (χ4n) is 9.98. The highest BCUT2D eigenvalue weighted by atomic mass is 16.5. The number of ether oxygens (including phenoxy) is 3. The van der Waals surface area contributed by atoms with E-state index in [1.54, 1.807) is 34.1 Å². The van der Waals surface area contributed by atoms with E-state index in [9.17, 15) is 14.4 Å². The number of fused-ring (bicyclic) bond motifs is 1. The fourth-order valence-corrected chi connectivity index (χ4v) is 9.98. The van der Waals surface area contributed by atoms with Crippen molar-refractivity contribution < 1.29 is 33.4 Å². The number of ketones is 4. The maximum absolute atomic E-state index is 15.0. The first-order valence-electron chi connectivity index (χ1n) is 20.7. The molecule has 4 aliphatic rings. The Labute approximate surface area is 334 Å². The molecule has 0 N–H and O–H groups in total. The molecule has 7 heteroatoms. The summed E-state index contributed by atoms with van der Waals surface area (Å²) in [5.74, 6) is 1.20. The van der Waals surface area contributed by atoms with E-state index in [0.717, 1.165) is 33.9 Å². The molecule has 2 aromatic carbocycles. The molecule has 0 radical (unpaired) electrons. The molecule has 3 fully saturated rings. The summed E-state index contributed by atoms with van der Waals surface area (Å²) >= 11 is 0. The van der Waals surface area contributed by atoms with Gasteiger partial charge in [-0.15, -0.1) is 6.58 Å². The molecule has 0 aromatic heterocycles. The van der Waals surface area contributed by atoms with Crippen LogP contribution in [-0.4, -0.2) is 43.5 Å². The number of allylic oxidation sites excluding steroid dienone is 6. The van der Waals surface area contributed by atoms with Crippen molar-refractivity contribution in [3.05, 3.63) is 72.9 Å². The summed E-state index contributed by atoms with van der Waals surface area (Å²) in [4.78, 5) is 54.4. The van der Waals surface area contributed by atoms with Gasteiger partial charge >= 0.3 is 0 Å². The van der Waals surface area contributed by atoms with Crippen LogP contribution in [0.15, 0.2) is 67.3 Å². The average molecular weight is 763 g/mol. The van der Waals surface area contributed by atoms with Crippen LogP contribution in [0.1, 0.15) is 111 Å². The van der Waals surface area contributed by atoms with Gasteiger partial charge in [-0.1, -0.05) is 82.9 Å². The normalized spacial score (nSPS) is 26.5. The van der Waals surface area contributed by atoms with Crippen LogP contribution in [0.25, 0.3) is 16.3 Å². The van der Waals surface area contributed by atoms with Gasteiger partial charge in [0.05, 0.1) is 14.2 Å². The van der Waals surface area contributed by atoms with E-state index in [-0.39, 0.29) is 52.7 Å². The van der Waals surface area contributed by atoms with Gasteiger partial charge in [0.15, 0.2) is 11.5 Å². The first kappa shape index (κ1) is 41.4. The van der Waals surface area contributed by atoms with Crippen LogP contribution in [0.5, 0.6) is 17.2 Å². The van der Waals surface area contributed by atoms with E-state index in [0.29, 0.717) is 55.3 Å². The van der Waals surface area contributed by atoms with Crippen LogP contribution in [0.2, 0.25) is 0 Å². The highest BCUT2D eigenvalue weighted by Crippen LogP contribution is 2.58. The monoisotopic (exact) mass is 762 g/mol. The summed E-state index contributed by atoms with van der Waals surface area (Å²) in [6, 6.07) is 7.95. The van der Waals surface area contributed by atoms with Gasteiger partial charge in [-0.05, 0) is 104 Å². The maximum atomic E-state index is 15.0. The van der Waals surface area contributed by atoms with Crippen LogP contribution in [0.4, 0.5) is 0 Å². The summed E-state index contributed by atoms with van der Waals surface area (Å²) < 4.78 is 18.4. The molecule has 7 unspecified atom stereocenters. The molecule has 0 saturated heterocycles. The van der Waals surface area contributed by atoms with Crippen molar-refractivity contribution in [3.8, 4) is 17.2 Å². The maximum Gasteiger partial charge on any atom is 0.161 e. The van der Waals surface area contributed by atoms with Crippen LogP contribution >= 0.6 is 0 Å². The van der Waals surface area contributed by atoms with E-state index in [1.807, 2.05) is 24.3 Å². The van der Waals surface area contributed by atoms with Crippen molar-refractivity contribution in [1.82, 2.24) is 0 Å². The molecular formula is C49H62O7. The van der Waals surface area contributed by atoms with E-state index < -0.39 is 23.4 Å². The van der Waals surface area contributed by atoms with Gasteiger partial charge in [0.2, 0.25) is 0 Å². The van der Waals surface area contributed by atoms with Crippen molar-refractivity contribution in [2.45, 2.75) is 111 Å². The fraction of sp³-hybridized carbons (Fsp3) is 0.551. The first-order valence-corrected chi connectivity index (χ1v) is 20.7. The van der Waals surface area contributed by atoms with Gasteiger partial charge in [0.1, 0.15) is 35.0 Å². The lowest BCUT2D eigenvalue weighted by Crippen LogP contribution is -2.37. The molecule has 6 rings (SSSR count). The minimum atomic E-state index is -0.729. The lowest BCUT2D eigenvalue weighted by Gasteiger charge is -2.34. The summed E-state index contributed by atoms with van der Waals surface area (Å²) in [5.41, 5.74) is 1.98. The predicted molar refractivity (Wildman–Crippen MR) is 223 cm³/mol. The minimum Gasteiger partial charge on any atom is -0.493 e. The molecule has 300 valence electrons.